The molecule has 3 aromatic rings. The van der Waals surface area contributed by atoms with Crippen molar-refractivity contribution in [1.82, 2.24) is 5.43 Å². The molecule has 0 spiro atoms. The van der Waals surface area contributed by atoms with Gasteiger partial charge in [-0.2, -0.15) is 0 Å². The summed E-state index contributed by atoms with van der Waals surface area (Å²) in [5.41, 5.74) is 5.79. The number of anilines is 2. The van der Waals surface area contributed by atoms with Gasteiger partial charge in [-0.25, -0.2) is 13.6 Å². The first kappa shape index (κ1) is 25.2. The van der Waals surface area contributed by atoms with E-state index >= 15 is 0 Å². The zero-order chi connectivity index (χ0) is 26.7. The molecule has 3 N–H and O–H groups in total. The van der Waals surface area contributed by atoms with Gasteiger partial charge in [-0.3, -0.25) is 15.6 Å². The van der Waals surface area contributed by atoms with Crippen LogP contribution in [0.4, 0.5) is 20.2 Å². The summed E-state index contributed by atoms with van der Waals surface area (Å²) >= 11 is 0. The van der Waals surface area contributed by atoms with Crippen molar-refractivity contribution in [2.75, 3.05) is 17.9 Å². The van der Waals surface area contributed by atoms with E-state index in [2.05, 4.69) is 16.2 Å². The zero-order valence-corrected chi connectivity index (χ0v) is 20.4. The van der Waals surface area contributed by atoms with Crippen molar-refractivity contribution >= 4 is 23.3 Å². The van der Waals surface area contributed by atoms with Gasteiger partial charge in [0.2, 0.25) is 0 Å². The largest absolute Gasteiger partial charge is 0.466 e. The van der Waals surface area contributed by atoms with Gasteiger partial charge in [0.05, 0.1) is 30.0 Å². The molecule has 1 amide bonds. The van der Waals surface area contributed by atoms with Crippen molar-refractivity contribution in [3.63, 3.8) is 0 Å². The monoisotopic (exact) mass is 517 g/mol. The van der Waals surface area contributed by atoms with Crippen LogP contribution in [0.2, 0.25) is 0 Å². The summed E-state index contributed by atoms with van der Waals surface area (Å²) in [6.07, 6.45) is 2.86. The molecule has 2 aliphatic heterocycles. The van der Waals surface area contributed by atoms with Gasteiger partial charge < -0.3 is 14.8 Å². The number of para-hydroxylation sites is 1. The number of fused-ring (bicyclic) bond motifs is 2. The zero-order valence-electron chi connectivity index (χ0n) is 20.4. The van der Waals surface area contributed by atoms with Gasteiger partial charge in [0.25, 0.3) is 5.91 Å². The topological polar surface area (TPSA) is 88.7 Å². The molecule has 0 aromatic heterocycles. The third-order valence-electron chi connectivity index (χ3n) is 6.52. The second-order valence-corrected chi connectivity index (χ2v) is 8.96. The first-order valence-corrected chi connectivity index (χ1v) is 12.0. The Labute approximate surface area is 218 Å². The van der Waals surface area contributed by atoms with Crippen LogP contribution in [0.5, 0.6) is 0 Å². The number of hydrogen-bond acceptors (Lipinski definition) is 6. The van der Waals surface area contributed by atoms with Crippen LogP contribution < -0.4 is 16.2 Å². The second kappa shape index (κ2) is 10.5. The summed E-state index contributed by atoms with van der Waals surface area (Å²) in [7, 11) is 1.22. The van der Waals surface area contributed by atoms with Crippen molar-refractivity contribution in [3.05, 3.63) is 119 Å². The molecule has 2 aliphatic rings. The van der Waals surface area contributed by atoms with Crippen LogP contribution in [-0.2, 0) is 25.5 Å². The van der Waals surface area contributed by atoms with E-state index in [0.29, 0.717) is 12.1 Å². The Morgan fingerprint density at radius 2 is 1.63 bits per heavy atom. The van der Waals surface area contributed by atoms with Crippen molar-refractivity contribution in [2.24, 2.45) is 0 Å². The average Bonchev–Trinajstić information content (AvgIpc) is 3.50. The highest BCUT2D eigenvalue weighted by molar-refractivity contribution is 6.07. The number of nitrogens with one attached hydrogen (secondary N) is 3. The van der Waals surface area contributed by atoms with Gasteiger partial charge in [-0.05, 0) is 42.3 Å². The summed E-state index contributed by atoms with van der Waals surface area (Å²) in [5.74, 6) is -2.83. The quantitative estimate of drug-likeness (QED) is 0.223. The molecule has 2 heterocycles. The third kappa shape index (κ3) is 4.88. The second-order valence-electron chi connectivity index (χ2n) is 8.96. The summed E-state index contributed by atoms with van der Waals surface area (Å²) in [4.78, 5) is 26.5. The lowest BCUT2D eigenvalue weighted by atomic mass is 9.79. The van der Waals surface area contributed by atoms with Crippen LogP contribution in [0.1, 0.15) is 5.56 Å². The Morgan fingerprint density at radius 1 is 0.974 bits per heavy atom. The molecule has 3 aromatic carbocycles. The van der Waals surface area contributed by atoms with E-state index in [4.69, 9.17) is 9.47 Å². The molecule has 0 aliphatic carbocycles. The fraction of sp³-hybridized carbons (Fsp3) is 0.172. The van der Waals surface area contributed by atoms with Gasteiger partial charge in [0.15, 0.2) is 0 Å². The smallest absolute Gasteiger partial charge is 0.337 e. The van der Waals surface area contributed by atoms with E-state index < -0.39 is 41.3 Å². The first-order chi connectivity index (χ1) is 18.4. The molecule has 0 saturated heterocycles. The molecule has 0 radical (unpaired) electrons. The fourth-order valence-corrected chi connectivity index (χ4v) is 4.87. The number of methoxy groups -OCH3 is 1. The predicted molar refractivity (Wildman–Crippen MR) is 138 cm³/mol. The molecule has 7 nitrogen and oxygen atoms in total. The highest BCUT2D eigenvalue weighted by Crippen LogP contribution is 2.47. The molecule has 38 heavy (non-hydrogen) atoms. The lowest BCUT2D eigenvalue weighted by Crippen LogP contribution is -2.49. The van der Waals surface area contributed by atoms with Crippen LogP contribution >= 0.6 is 0 Å². The highest BCUT2D eigenvalue weighted by atomic mass is 19.1. The molecule has 3 unspecified atom stereocenters. The van der Waals surface area contributed by atoms with Crippen molar-refractivity contribution in [1.29, 1.82) is 0 Å². The number of carbonyl (C=O) groups is 2. The maximum absolute atomic E-state index is 14.1. The Bertz CT molecular complexity index is 1390. The maximum Gasteiger partial charge on any atom is 0.337 e. The lowest BCUT2D eigenvalue weighted by Gasteiger charge is -2.36. The average molecular weight is 518 g/mol. The minimum absolute atomic E-state index is 0.0187. The molecular formula is C29H25F2N3O4. The number of carbonyl (C=O) groups excluding carboxylic acids is 2. The van der Waals surface area contributed by atoms with E-state index in [9.17, 15) is 18.4 Å². The van der Waals surface area contributed by atoms with Crippen LogP contribution in [0.3, 0.4) is 0 Å². The van der Waals surface area contributed by atoms with Gasteiger partial charge in [0.1, 0.15) is 23.3 Å². The predicted octanol–water partition coefficient (Wildman–Crippen LogP) is 4.31. The SMILES string of the molecule is COC(=O)C1=C(C(=O)NNc2ccccc2)C2C=CC1(C(Cc1ccccc1)Nc1cc(F)cc(F)c1)O2. The third-order valence-corrected chi connectivity index (χ3v) is 6.52. The van der Waals surface area contributed by atoms with E-state index in [-0.39, 0.29) is 16.8 Å². The van der Waals surface area contributed by atoms with Gasteiger partial charge in [0, 0.05) is 11.8 Å². The van der Waals surface area contributed by atoms with E-state index in [0.717, 1.165) is 23.8 Å². The Balaban J connectivity index is 1.54. The van der Waals surface area contributed by atoms with Crippen molar-refractivity contribution in [2.45, 2.75) is 24.2 Å². The molecule has 0 saturated carbocycles. The fourth-order valence-electron chi connectivity index (χ4n) is 4.87. The highest BCUT2D eigenvalue weighted by Gasteiger charge is 2.58. The van der Waals surface area contributed by atoms with Gasteiger partial charge in [-0.15, -0.1) is 0 Å². The number of benzene rings is 3. The molecular weight excluding hydrogens is 492 g/mol. The number of rotatable bonds is 9. The van der Waals surface area contributed by atoms with Crippen molar-refractivity contribution in [3.8, 4) is 0 Å². The van der Waals surface area contributed by atoms with E-state index in [1.54, 1.807) is 36.4 Å². The van der Waals surface area contributed by atoms with Crippen molar-refractivity contribution < 1.29 is 27.8 Å². The first-order valence-electron chi connectivity index (χ1n) is 12.0. The number of amides is 1. The molecule has 5 rings (SSSR count). The Morgan fingerprint density at radius 3 is 2.29 bits per heavy atom. The summed E-state index contributed by atoms with van der Waals surface area (Å²) in [6, 6.07) is 20.7. The molecule has 3 atom stereocenters. The van der Waals surface area contributed by atoms with Gasteiger partial charge in [-0.1, -0.05) is 54.6 Å². The van der Waals surface area contributed by atoms with Crippen LogP contribution in [0.15, 0.2) is 102 Å². The number of hydrogen-bond donors (Lipinski definition) is 3. The summed E-state index contributed by atoms with van der Waals surface area (Å²) in [5, 5.41) is 3.15. The Hall–Kier alpha value is -4.50. The summed E-state index contributed by atoms with van der Waals surface area (Å²) < 4.78 is 39.5. The van der Waals surface area contributed by atoms with Crippen LogP contribution in [0, 0.1) is 11.6 Å². The van der Waals surface area contributed by atoms with Gasteiger partial charge >= 0.3 is 5.97 Å². The lowest BCUT2D eigenvalue weighted by molar-refractivity contribution is -0.138. The minimum Gasteiger partial charge on any atom is -0.466 e. The van der Waals surface area contributed by atoms with Crippen LogP contribution in [0.25, 0.3) is 0 Å². The van der Waals surface area contributed by atoms with Crippen LogP contribution in [-0.4, -0.2) is 36.7 Å². The molecule has 9 heteroatoms. The minimum atomic E-state index is -1.45. The Kier molecular flexibility index (Phi) is 6.93. The van der Waals surface area contributed by atoms with E-state index in [1.807, 2.05) is 36.4 Å². The molecule has 194 valence electrons. The van der Waals surface area contributed by atoms with E-state index in [1.165, 1.54) is 7.11 Å². The number of hydrazine groups is 1. The number of halogens is 2. The normalized spacial score (nSPS) is 20.2. The summed E-state index contributed by atoms with van der Waals surface area (Å²) in [6.45, 7) is 0. The number of ether oxygens (including phenoxy) is 2. The maximum atomic E-state index is 14.1. The standard InChI is InChI=1S/C29H25F2N3O4/c1-37-28(36)26-25(27(35)34-33-21-10-6-3-7-11-21)23-12-13-29(26,38-23)24(14-18-8-4-2-5-9-18)32-22-16-19(30)15-20(31)17-22/h2-13,15-17,23-24,32-33H,14H2,1H3,(H,34,35). The number of esters is 1. The molecule has 0 fully saturated rings. The molecule has 2 bridgehead atoms.